The quantitative estimate of drug-likeness (QED) is 0.376. The van der Waals surface area contributed by atoms with E-state index in [1.54, 1.807) is 0 Å². The molecule has 0 bridgehead atoms. The molecule has 0 saturated heterocycles. The summed E-state index contributed by atoms with van der Waals surface area (Å²) in [6, 6.07) is 29.8. The van der Waals surface area contributed by atoms with E-state index in [0.717, 1.165) is 16.7 Å². The van der Waals surface area contributed by atoms with Gasteiger partial charge in [0.1, 0.15) is 7.92 Å². The zero-order valence-corrected chi connectivity index (χ0v) is 14.5. The van der Waals surface area contributed by atoms with Crippen LogP contribution >= 0.6 is 7.92 Å². The van der Waals surface area contributed by atoms with Crippen LogP contribution in [0.1, 0.15) is 16.7 Å². The molecule has 0 spiro atoms. The van der Waals surface area contributed by atoms with Crippen molar-refractivity contribution in [1.29, 1.82) is 0 Å². The Bertz CT molecular complexity index is 850. The Labute approximate surface area is 150 Å². The van der Waals surface area contributed by atoms with E-state index in [0.29, 0.717) is 0 Å². The lowest BCUT2D eigenvalue weighted by Crippen LogP contribution is -1.73. The molecule has 0 aliphatic rings. The summed E-state index contributed by atoms with van der Waals surface area (Å²) in [6.45, 7) is 0. The fraction of sp³-hybridized carbons (Fsp3) is 0. The summed E-state index contributed by atoms with van der Waals surface area (Å²) in [5, 5.41) is 0. The molecule has 0 fully saturated rings. The molecular formula is C24H15P. The van der Waals surface area contributed by atoms with Gasteiger partial charge in [-0.05, 0) is 53.4 Å². The maximum Gasteiger partial charge on any atom is 0.128 e. The first-order valence-corrected chi connectivity index (χ1v) is 9.24. The molecule has 116 valence electrons. The van der Waals surface area contributed by atoms with E-state index in [1.807, 2.05) is 91.0 Å². The van der Waals surface area contributed by atoms with Crippen LogP contribution in [-0.4, -0.2) is 0 Å². The molecule has 0 unspecified atom stereocenters. The van der Waals surface area contributed by atoms with Gasteiger partial charge in [0, 0.05) is 16.7 Å². The van der Waals surface area contributed by atoms with Crippen LogP contribution in [0.4, 0.5) is 0 Å². The fourth-order valence-corrected chi connectivity index (χ4v) is 2.90. The lowest BCUT2D eigenvalue weighted by molar-refractivity contribution is 1.65. The third-order valence-corrected chi connectivity index (χ3v) is 4.26. The van der Waals surface area contributed by atoms with Gasteiger partial charge >= 0.3 is 0 Å². The highest BCUT2D eigenvalue weighted by molar-refractivity contribution is 7.72. The van der Waals surface area contributed by atoms with Crippen LogP contribution in [0, 0.1) is 34.7 Å². The van der Waals surface area contributed by atoms with Crippen molar-refractivity contribution in [2.24, 2.45) is 0 Å². The average molecular weight is 334 g/mol. The van der Waals surface area contributed by atoms with Crippen LogP contribution in [0.2, 0.25) is 0 Å². The Morgan fingerprint density at radius 2 is 0.680 bits per heavy atom. The second kappa shape index (κ2) is 9.16. The van der Waals surface area contributed by atoms with Gasteiger partial charge in [-0.15, -0.1) is 0 Å². The number of hydrogen-bond acceptors (Lipinski definition) is 0. The van der Waals surface area contributed by atoms with Crippen molar-refractivity contribution in [2.75, 3.05) is 0 Å². The van der Waals surface area contributed by atoms with E-state index in [4.69, 9.17) is 0 Å². The molecule has 1 heteroatoms. The maximum absolute atomic E-state index is 3.24. The molecule has 0 radical (unpaired) electrons. The summed E-state index contributed by atoms with van der Waals surface area (Å²) in [5.74, 6) is 9.57. The molecule has 0 aliphatic heterocycles. The Morgan fingerprint density at radius 3 is 0.960 bits per heavy atom. The van der Waals surface area contributed by atoms with E-state index >= 15 is 0 Å². The number of rotatable bonds is 0. The second-order valence-corrected chi connectivity index (χ2v) is 6.49. The molecular weight excluding hydrogens is 319 g/mol. The first-order valence-electron chi connectivity index (χ1n) is 7.90. The molecule has 0 nitrogen and oxygen atoms in total. The third kappa shape index (κ3) is 5.72. The van der Waals surface area contributed by atoms with Crippen molar-refractivity contribution in [3.63, 3.8) is 0 Å². The summed E-state index contributed by atoms with van der Waals surface area (Å²) in [4.78, 5) is 0. The molecule has 0 saturated carbocycles. The van der Waals surface area contributed by atoms with E-state index in [-0.39, 0.29) is 0 Å². The van der Waals surface area contributed by atoms with E-state index < -0.39 is 7.92 Å². The first-order chi connectivity index (χ1) is 12.4. The van der Waals surface area contributed by atoms with Crippen molar-refractivity contribution >= 4 is 7.92 Å². The van der Waals surface area contributed by atoms with Gasteiger partial charge in [-0.3, -0.25) is 0 Å². The summed E-state index contributed by atoms with van der Waals surface area (Å²) in [5.41, 5.74) is 12.7. The van der Waals surface area contributed by atoms with Crippen LogP contribution < -0.4 is 0 Å². The van der Waals surface area contributed by atoms with Crippen LogP contribution in [0.3, 0.4) is 0 Å². The monoisotopic (exact) mass is 334 g/mol. The lowest BCUT2D eigenvalue weighted by atomic mass is 10.2. The Kier molecular flexibility index (Phi) is 6.09. The van der Waals surface area contributed by atoms with Crippen LogP contribution in [0.5, 0.6) is 0 Å². The molecule has 0 atom stereocenters. The first kappa shape index (κ1) is 16.6. The average Bonchev–Trinajstić information content (AvgIpc) is 2.70. The minimum atomic E-state index is -1.02. The van der Waals surface area contributed by atoms with E-state index in [9.17, 15) is 0 Å². The SMILES string of the molecule is C(#CP(C#Cc1ccccc1)C#Cc1ccccc1)c1ccccc1. The predicted octanol–water partition coefficient (Wildman–Crippen LogP) is 5.50. The topological polar surface area (TPSA) is 0 Å². The highest BCUT2D eigenvalue weighted by Gasteiger charge is 1.95. The molecule has 0 N–H and O–H groups in total. The number of benzene rings is 3. The number of hydrogen-bond donors (Lipinski definition) is 0. The second-order valence-electron chi connectivity index (χ2n) is 5.14. The molecule has 0 heterocycles. The van der Waals surface area contributed by atoms with Gasteiger partial charge < -0.3 is 0 Å². The van der Waals surface area contributed by atoms with Crippen molar-refractivity contribution in [3.05, 3.63) is 108 Å². The maximum atomic E-state index is 3.24. The molecule has 0 aromatic heterocycles. The zero-order chi connectivity index (χ0) is 17.2. The lowest BCUT2D eigenvalue weighted by Gasteiger charge is -1.93. The van der Waals surface area contributed by atoms with Crippen molar-refractivity contribution in [1.82, 2.24) is 0 Å². The van der Waals surface area contributed by atoms with Crippen LogP contribution in [0.25, 0.3) is 0 Å². The molecule has 25 heavy (non-hydrogen) atoms. The normalized spacial score (nSPS) is 9.00. The molecule has 0 aliphatic carbocycles. The summed E-state index contributed by atoms with van der Waals surface area (Å²) >= 11 is 0. The van der Waals surface area contributed by atoms with Crippen LogP contribution in [0.15, 0.2) is 91.0 Å². The predicted molar refractivity (Wildman–Crippen MR) is 107 cm³/mol. The molecule has 0 amide bonds. The van der Waals surface area contributed by atoms with Gasteiger partial charge in [0.2, 0.25) is 0 Å². The van der Waals surface area contributed by atoms with Gasteiger partial charge in [0.05, 0.1) is 0 Å². The minimum Gasteiger partial charge on any atom is -0.0622 e. The Hall–Kier alpha value is -3.23. The minimum absolute atomic E-state index is 0.984. The van der Waals surface area contributed by atoms with Crippen molar-refractivity contribution < 1.29 is 0 Å². The van der Waals surface area contributed by atoms with E-state index in [1.165, 1.54) is 0 Å². The van der Waals surface area contributed by atoms with Crippen molar-refractivity contribution in [3.8, 4) is 34.7 Å². The Morgan fingerprint density at radius 1 is 0.400 bits per heavy atom. The standard InChI is InChI=1S/C24H15P/c1-4-10-22(11-5-1)16-19-25(20-17-23-12-6-2-7-13-23)21-18-24-14-8-3-9-15-24/h1-15H. The summed E-state index contributed by atoms with van der Waals surface area (Å²) in [7, 11) is -1.02. The Balaban J connectivity index is 1.88. The van der Waals surface area contributed by atoms with Gasteiger partial charge in [0.15, 0.2) is 0 Å². The molecule has 3 aromatic carbocycles. The van der Waals surface area contributed by atoms with Crippen molar-refractivity contribution in [2.45, 2.75) is 0 Å². The van der Waals surface area contributed by atoms with Gasteiger partial charge in [-0.1, -0.05) is 72.4 Å². The summed E-state index contributed by atoms with van der Waals surface area (Å²) < 4.78 is 0. The summed E-state index contributed by atoms with van der Waals surface area (Å²) in [6.07, 6.45) is 0. The molecule has 3 rings (SSSR count). The van der Waals surface area contributed by atoms with Gasteiger partial charge in [-0.25, -0.2) is 0 Å². The fourth-order valence-electron chi connectivity index (χ4n) is 2.01. The van der Waals surface area contributed by atoms with E-state index in [2.05, 4.69) is 34.7 Å². The zero-order valence-electron chi connectivity index (χ0n) is 13.6. The third-order valence-electron chi connectivity index (χ3n) is 3.26. The smallest absolute Gasteiger partial charge is 0.0622 e. The van der Waals surface area contributed by atoms with Gasteiger partial charge in [-0.2, -0.15) is 0 Å². The van der Waals surface area contributed by atoms with Crippen LogP contribution in [-0.2, 0) is 0 Å². The highest BCUT2D eigenvalue weighted by atomic mass is 31.1. The largest absolute Gasteiger partial charge is 0.128 e. The molecule has 3 aromatic rings. The highest BCUT2D eigenvalue weighted by Crippen LogP contribution is 2.31. The van der Waals surface area contributed by atoms with Gasteiger partial charge in [0.25, 0.3) is 0 Å².